The largest absolute Gasteiger partial charge is 0.382 e. The number of anilines is 1. The number of nitrogens with one attached hydrogen (secondary N) is 1. The smallest absolute Gasteiger partial charge is 0.0375 e. The zero-order chi connectivity index (χ0) is 13.7. The summed E-state index contributed by atoms with van der Waals surface area (Å²) < 4.78 is 1.18. The second-order valence-corrected chi connectivity index (χ2v) is 6.72. The van der Waals surface area contributed by atoms with Crippen molar-refractivity contribution in [1.29, 1.82) is 0 Å². The summed E-state index contributed by atoms with van der Waals surface area (Å²) >= 11 is 3.56. The Morgan fingerprint density at radius 1 is 1.16 bits per heavy atom. The van der Waals surface area contributed by atoms with Crippen molar-refractivity contribution < 1.29 is 0 Å². The van der Waals surface area contributed by atoms with Crippen LogP contribution in [0.15, 0.2) is 22.7 Å². The van der Waals surface area contributed by atoms with E-state index >= 15 is 0 Å². The molecule has 1 fully saturated rings. The summed E-state index contributed by atoms with van der Waals surface area (Å²) in [7, 11) is 0. The highest BCUT2D eigenvalue weighted by atomic mass is 79.9. The van der Waals surface area contributed by atoms with Crippen molar-refractivity contribution in [1.82, 2.24) is 0 Å². The third-order valence-electron chi connectivity index (χ3n) is 4.35. The maximum atomic E-state index is 3.77. The summed E-state index contributed by atoms with van der Waals surface area (Å²) in [6.07, 6.45) is 9.34. The van der Waals surface area contributed by atoms with E-state index in [9.17, 15) is 0 Å². The van der Waals surface area contributed by atoms with E-state index in [4.69, 9.17) is 0 Å². The number of halogens is 1. The summed E-state index contributed by atoms with van der Waals surface area (Å²) in [6, 6.07) is 7.29. The van der Waals surface area contributed by atoms with Gasteiger partial charge < -0.3 is 5.32 Å². The lowest BCUT2D eigenvalue weighted by Crippen LogP contribution is -2.26. The molecule has 1 aromatic carbocycles. The molecule has 0 spiro atoms. The SMILES string of the molecule is CCCC1CCC(Nc2ccc(Br)cc2CC)CC1. The molecule has 0 aromatic heterocycles. The maximum Gasteiger partial charge on any atom is 0.0375 e. The topological polar surface area (TPSA) is 12.0 Å². The van der Waals surface area contributed by atoms with Gasteiger partial charge in [0, 0.05) is 16.2 Å². The van der Waals surface area contributed by atoms with Gasteiger partial charge in [-0.1, -0.05) is 42.6 Å². The molecule has 0 aliphatic heterocycles. The van der Waals surface area contributed by atoms with E-state index < -0.39 is 0 Å². The fraction of sp³-hybridized carbons (Fsp3) is 0.647. The summed E-state index contributed by atoms with van der Waals surface area (Å²) in [4.78, 5) is 0. The lowest BCUT2D eigenvalue weighted by atomic mass is 9.83. The molecular formula is C17H26BrN. The van der Waals surface area contributed by atoms with Crippen LogP contribution in [0.1, 0.15) is 57.9 Å². The maximum absolute atomic E-state index is 3.77. The first-order valence-electron chi connectivity index (χ1n) is 7.77. The van der Waals surface area contributed by atoms with Crippen molar-refractivity contribution >= 4 is 21.6 Å². The molecule has 1 nitrogen and oxygen atoms in total. The molecular weight excluding hydrogens is 298 g/mol. The molecule has 1 aliphatic carbocycles. The summed E-state index contributed by atoms with van der Waals surface area (Å²) in [6.45, 7) is 4.53. The van der Waals surface area contributed by atoms with Gasteiger partial charge in [0.15, 0.2) is 0 Å². The van der Waals surface area contributed by atoms with Gasteiger partial charge in [-0.25, -0.2) is 0 Å². The Labute approximate surface area is 126 Å². The number of hydrogen-bond donors (Lipinski definition) is 1. The van der Waals surface area contributed by atoms with Gasteiger partial charge in [0.2, 0.25) is 0 Å². The molecule has 0 amide bonds. The number of aryl methyl sites for hydroxylation is 1. The Morgan fingerprint density at radius 2 is 1.89 bits per heavy atom. The van der Waals surface area contributed by atoms with Gasteiger partial charge in [-0.2, -0.15) is 0 Å². The van der Waals surface area contributed by atoms with E-state index in [1.807, 2.05) is 0 Å². The van der Waals surface area contributed by atoms with Gasteiger partial charge in [-0.3, -0.25) is 0 Å². The van der Waals surface area contributed by atoms with Crippen molar-refractivity contribution in [3.05, 3.63) is 28.2 Å². The average molecular weight is 324 g/mol. The Bertz CT molecular complexity index is 394. The van der Waals surface area contributed by atoms with Gasteiger partial charge >= 0.3 is 0 Å². The van der Waals surface area contributed by atoms with Crippen LogP contribution < -0.4 is 5.32 Å². The molecule has 0 saturated heterocycles. The van der Waals surface area contributed by atoms with Crippen molar-refractivity contribution in [2.45, 2.75) is 64.8 Å². The van der Waals surface area contributed by atoms with E-state index in [0.29, 0.717) is 6.04 Å². The fourth-order valence-electron chi connectivity index (χ4n) is 3.22. The standard InChI is InChI=1S/C17H26BrN/c1-3-5-13-6-9-16(10-7-13)19-17-11-8-15(18)12-14(17)4-2/h8,11-13,16,19H,3-7,9-10H2,1-2H3. The number of rotatable bonds is 5. The molecule has 106 valence electrons. The van der Waals surface area contributed by atoms with Gasteiger partial charge in [-0.15, -0.1) is 0 Å². The minimum Gasteiger partial charge on any atom is -0.382 e. The number of hydrogen-bond acceptors (Lipinski definition) is 1. The minimum atomic E-state index is 0.680. The van der Waals surface area contributed by atoms with Gasteiger partial charge in [0.05, 0.1) is 0 Å². The lowest BCUT2D eigenvalue weighted by molar-refractivity contribution is 0.319. The Hall–Kier alpha value is -0.500. The molecule has 2 rings (SSSR count). The van der Waals surface area contributed by atoms with Crippen LogP contribution >= 0.6 is 15.9 Å². The molecule has 1 N–H and O–H groups in total. The quantitative estimate of drug-likeness (QED) is 0.723. The third-order valence-corrected chi connectivity index (χ3v) is 4.84. The van der Waals surface area contributed by atoms with E-state index in [0.717, 1.165) is 12.3 Å². The zero-order valence-corrected chi connectivity index (χ0v) is 13.8. The monoisotopic (exact) mass is 323 g/mol. The zero-order valence-electron chi connectivity index (χ0n) is 12.2. The van der Waals surface area contributed by atoms with Crippen LogP contribution in [-0.4, -0.2) is 6.04 Å². The van der Waals surface area contributed by atoms with Crippen LogP contribution in [0.2, 0.25) is 0 Å². The van der Waals surface area contributed by atoms with E-state index in [1.165, 1.54) is 54.2 Å². The first-order valence-corrected chi connectivity index (χ1v) is 8.57. The highest BCUT2D eigenvalue weighted by Gasteiger charge is 2.20. The molecule has 0 radical (unpaired) electrons. The normalized spacial score (nSPS) is 23.3. The van der Waals surface area contributed by atoms with Gasteiger partial charge in [-0.05, 0) is 61.8 Å². The van der Waals surface area contributed by atoms with Crippen LogP contribution in [0, 0.1) is 5.92 Å². The van der Waals surface area contributed by atoms with Crippen LogP contribution in [0.4, 0.5) is 5.69 Å². The first-order chi connectivity index (χ1) is 9.22. The molecule has 1 aliphatic rings. The second-order valence-electron chi connectivity index (χ2n) is 5.81. The predicted molar refractivity (Wildman–Crippen MR) is 87.8 cm³/mol. The fourth-order valence-corrected chi connectivity index (χ4v) is 3.63. The molecule has 0 bridgehead atoms. The van der Waals surface area contributed by atoms with Crippen LogP contribution in [-0.2, 0) is 6.42 Å². The van der Waals surface area contributed by atoms with Crippen LogP contribution in [0.25, 0.3) is 0 Å². The van der Waals surface area contributed by atoms with E-state index in [1.54, 1.807) is 0 Å². The molecule has 0 atom stereocenters. The molecule has 2 heteroatoms. The Balaban J connectivity index is 1.92. The van der Waals surface area contributed by atoms with E-state index in [2.05, 4.69) is 53.3 Å². The summed E-state index contributed by atoms with van der Waals surface area (Å²) in [5.74, 6) is 0.985. The Morgan fingerprint density at radius 3 is 2.53 bits per heavy atom. The molecule has 0 unspecified atom stereocenters. The minimum absolute atomic E-state index is 0.680. The van der Waals surface area contributed by atoms with Crippen molar-refractivity contribution in [2.24, 2.45) is 5.92 Å². The highest BCUT2D eigenvalue weighted by molar-refractivity contribution is 9.10. The van der Waals surface area contributed by atoms with Crippen molar-refractivity contribution in [3.63, 3.8) is 0 Å². The highest BCUT2D eigenvalue weighted by Crippen LogP contribution is 2.31. The van der Waals surface area contributed by atoms with Crippen LogP contribution in [0.3, 0.4) is 0 Å². The first kappa shape index (κ1) is 14.9. The summed E-state index contributed by atoms with van der Waals surface area (Å²) in [5, 5.41) is 3.77. The average Bonchev–Trinajstić information content (AvgIpc) is 2.43. The predicted octanol–water partition coefficient (Wildman–Crippen LogP) is 5.78. The molecule has 1 saturated carbocycles. The number of benzene rings is 1. The molecule has 0 heterocycles. The lowest BCUT2D eigenvalue weighted by Gasteiger charge is -2.30. The molecule has 19 heavy (non-hydrogen) atoms. The van der Waals surface area contributed by atoms with Gasteiger partial charge in [0.1, 0.15) is 0 Å². The summed E-state index contributed by atoms with van der Waals surface area (Å²) in [5.41, 5.74) is 2.76. The third kappa shape index (κ3) is 4.24. The molecule has 1 aromatic rings. The Kier molecular flexibility index (Phi) is 5.75. The van der Waals surface area contributed by atoms with Crippen molar-refractivity contribution in [2.75, 3.05) is 5.32 Å². The van der Waals surface area contributed by atoms with Crippen LogP contribution in [0.5, 0.6) is 0 Å². The second kappa shape index (κ2) is 7.33. The van der Waals surface area contributed by atoms with Gasteiger partial charge in [0.25, 0.3) is 0 Å². The van der Waals surface area contributed by atoms with Crippen molar-refractivity contribution in [3.8, 4) is 0 Å². The van der Waals surface area contributed by atoms with E-state index in [-0.39, 0.29) is 0 Å².